The van der Waals surface area contributed by atoms with Crippen molar-refractivity contribution in [3.63, 3.8) is 0 Å². The Hall–Kier alpha value is -1.98. The smallest absolute Gasteiger partial charge is 0.325 e. The second-order valence-electron chi connectivity index (χ2n) is 4.07. The van der Waals surface area contributed by atoms with Crippen molar-refractivity contribution < 1.29 is 14.0 Å². The number of nitrogens with zero attached hydrogens (tertiary/aromatic N) is 1. The van der Waals surface area contributed by atoms with Crippen LogP contribution in [0.3, 0.4) is 0 Å². The Labute approximate surface area is 99.0 Å². The molecule has 2 N–H and O–H groups in total. The van der Waals surface area contributed by atoms with Gasteiger partial charge < -0.3 is 15.1 Å². The minimum absolute atomic E-state index is 0.0477. The normalized spacial score (nSPS) is 16.8. The largest absolute Gasteiger partial charge is 0.472 e. The molecule has 6 nitrogen and oxygen atoms in total. The standard InChI is InChI=1S/C11H15N3O3/c1-8(6-9-2-5-17-7-9)13-11(16)14-4-3-12-10(14)15/h2,5,7-8H,3-4,6H2,1H3,(H,12,15)(H,13,16)/t8-/m1/s1. The van der Waals surface area contributed by atoms with Crippen molar-refractivity contribution in [3.8, 4) is 0 Å². The first-order chi connectivity index (χ1) is 8.16. The molecule has 6 heteroatoms. The number of carbonyl (C=O) groups excluding carboxylic acids is 2. The van der Waals surface area contributed by atoms with Gasteiger partial charge in [-0.05, 0) is 25.0 Å². The van der Waals surface area contributed by atoms with E-state index in [1.807, 2.05) is 13.0 Å². The van der Waals surface area contributed by atoms with E-state index in [1.165, 1.54) is 4.90 Å². The average Bonchev–Trinajstić information content (AvgIpc) is 2.88. The lowest BCUT2D eigenvalue weighted by Crippen LogP contribution is -2.45. The predicted molar refractivity (Wildman–Crippen MR) is 60.5 cm³/mol. The molecule has 1 fully saturated rings. The molecule has 1 atom stereocenters. The zero-order valence-electron chi connectivity index (χ0n) is 9.60. The monoisotopic (exact) mass is 237 g/mol. The number of amides is 4. The van der Waals surface area contributed by atoms with E-state index < -0.39 is 0 Å². The minimum atomic E-state index is -0.351. The summed E-state index contributed by atoms with van der Waals surface area (Å²) in [7, 11) is 0. The van der Waals surface area contributed by atoms with E-state index in [9.17, 15) is 9.59 Å². The first-order valence-electron chi connectivity index (χ1n) is 5.54. The summed E-state index contributed by atoms with van der Waals surface area (Å²) in [6.45, 7) is 2.82. The lowest BCUT2D eigenvalue weighted by molar-refractivity contribution is 0.196. The molecule has 17 heavy (non-hydrogen) atoms. The second kappa shape index (κ2) is 4.90. The van der Waals surface area contributed by atoms with Crippen LogP contribution in [0.5, 0.6) is 0 Å². The summed E-state index contributed by atoms with van der Waals surface area (Å²) in [5.41, 5.74) is 1.02. The van der Waals surface area contributed by atoms with Crippen molar-refractivity contribution >= 4 is 12.1 Å². The van der Waals surface area contributed by atoms with Gasteiger partial charge in [0.2, 0.25) is 0 Å². The summed E-state index contributed by atoms with van der Waals surface area (Å²) in [5, 5.41) is 5.36. The Morgan fingerprint density at radius 3 is 3.12 bits per heavy atom. The molecule has 1 aromatic rings. The van der Waals surface area contributed by atoms with E-state index in [0.29, 0.717) is 19.5 Å². The molecule has 2 rings (SSSR count). The summed E-state index contributed by atoms with van der Waals surface area (Å²) in [4.78, 5) is 24.2. The van der Waals surface area contributed by atoms with Gasteiger partial charge in [0.1, 0.15) is 0 Å². The van der Waals surface area contributed by atoms with E-state index in [0.717, 1.165) is 5.56 Å². The number of hydrogen-bond donors (Lipinski definition) is 2. The first kappa shape index (κ1) is 11.5. The maximum atomic E-state index is 11.7. The highest BCUT2D eigenvalue weighted by atomic mass is 16.3. The van der Waals surface area contributed by atoms with Crippen LogP contribution in [0.25, 0.3) is 0 Å². The summed E-state index contributed by atoms with van der Waals surface area (Å²) in [5.74, 6) is 0. The molecule has 1 saturated heterocycles. The third-order valence-electron chi connectivity index (χ3n) is 2.59. The van der Waals surface area contributed by atoms with Gasteiger partial charge in [0.25, 0.3) is 0 Å². The highest BCUT2D eigenvalue weighted by Gasteiger charge is 2.26. The van der Waals surface area contributed by atoms with Crippen LogP contribution in [0.15, 0.2) is 23.0 Å². The minimum Gasteiger partial charge on any atom is -0.472 e. The number of nitrogens with one attached hydrogen (secondary N) is 2. The molecule has 0 aromatic carbocycles. The number of urea groups is 2. The quantitative estimate of drug-likeness (QED) is 0.821. The lowest BCUT2D eigenvalue weighted by atomic mass is 10.1. The van der Waals surface area contributed by atoms with Crippen LogP contribution in [0, 0.1) is 0 Å². The van der Waals surface area contributed by atoms with Crippen LogP contribution in [-0.4, -0.2) is 36.1 Å². The van der Waals surface area contributed by atoms with Crippen LogP contribution in [0.2, 0.25) is 0 Å². The van der Waals surface area contributed by atoms with E-state index in [2.05, 4.69) is 10.6 Å². The topological polar surface area (TPSA) is 74.6 Å². The maximum absolute atomic E-state index is 11.7. The van der Waals surface area contributed by atoms with Crippen LogP contribution in [-0.2, 0) is 6.42 Å². The Bertz CT molecular complexity index is 402. The molecule has 1 aliphatic rings. The van der Waals surface area contributed by atoms with Gasteiger partial charge in [-0.1, -0.05) is 0 Å². The van der Waals surface area contributed by atoms with Crippen molar-refractivity contribution in [1.82, 2.24) is 15.5 Å². The molecule has 0 spiro atoms. The van der Waals surface area contributed by atoms with Crippen molar-refractivity contribution in [2.75, 3.05) is 13.1 Å². The molecule has 0 saturated carbocycles. The number of furan rings is 1. The molecule has 0 bridgehead atoms. The SMILES string of the molecule is C[C@H](Cc1ccoc1)NC(=O)N1CCNC1=O. The second-order valence-corrected chi connectivity index (χ2v) is 4.07. The number of imide groups is 1. The Morgan fingerprint density at radius 2 is 2.53 bits per heavy atom. The van der Waals surface area contributed by atoms with E-state index in [-0.39, 0.29) is 18.1 Å². The summed E-state index contributed by atoms with van der Waals surface area (Å²) in [6.07, 6.45) is 3.92. The van der Waals surface area contributed by atoms with E-state index in [4.69, 9.17) is 4.42 Å². The highest BCUT2D eigenvalue weighted by molar-refractivity contribution is 5.95. The highest BCUT2D eigenvalue weighted by Crippen LogP contribution is 2.05. The van der Waals surface area contributed by atoms with Gasteiger partial charge in [-0.2, -0.15) is 0 Å². The number of carbonyl (C=O) groups is 2. The molecule has 0 unspecified atom stereocenters. The fourth-order valence-electron chi connectivity index (χ4n) is 1.77. The molecule has 4 amide bonds. The van der Waals surface area contributed by atoms with Crippen LogP contribution < -0.4 is 10.6 Å². The van der Waals surface area contributed by atoms with Crippen molar-refractivity contribution in [2.24, 2.45) is 0 Å². The molecule has 1 aromatic heterocycles. The number of hydrogen-bond acceptors (Lipinski definition) is 3. The fraction of sp³-hybridized carbons (Fsp3) is 0.455. The van der Waals surface area contributed by atoms with Gasteiger partial charge in [-0.15, -0.1) is 0 Å². The molecule has 92 valence electrons. The van der Waals surface area contributed by atoms with Crippen LogP contribution >= 0.6 is 0 Å². The molecular weight excluding hydrogens is 222 g/mol. The predicted octanol–water partition coefficient (Wildman–Crippen LogP) is 0.945. The van der Waals surface area contributed by atoms with Gasteiger partial charge in [-0.25, -0.2) is 14.5 Å². The first-order valence-corrected chi connectivity index (χ1v) is 5.54. The molecule has 0 radical (unpaired) electrons. The fourth-order valence-corrected chi connectivity index (χ4v) is 1.77. The number of rotatable bonds is 3. The Balaban J connectivity index is 1.84. The lowest BCUT2D eigenvalue weighted by Gasteiger charge is -2.17. The van der Waals surface area contributed by atoms with Gasteiger partial charge in [0.15, 0.2) is 0 Å². The van der Waals surface area contributed by atoms with Gasteiger partial charge in [-0.3, -0.25) is 0 Å². The molecule has 1 aliphatic heterocycles. The Kier molecular flexibility index (Phi) is 3.32. The summed E-state index contributed by atoms with van der Waals surface area (Å²) < 4.78 is 4.95. The average molecular weight is 237 g/mol. The molecule has 2 heterocycles. The van der Waals surface area contributed by atoms with E-state index in [1.54, 1.807) is 12.5 Å². The maximum Gasteiger partial charge on any atom is 0.325 e. The molecular formula is C11H15N3O3. The van der Waals surface area contributed by atoms with Gasteiger partial charge >= 0.3 is 12.1 Å². The van der Waals surface area contributed by atoms with Gasteiger partial charge in [0, 0.05) is 19.1 Å². The van der Waals surface area contributed by atoms with E-state index >= 15 is 0 Å². The third-order valence-corrected chi connectivity index (χ3v) is 2.59. The zero-order chi connectivity index (χ0) is 12.3. The zero-order valence-corrected chi connectivity index (χ0v) is 9.60. The van der Waals surface area contributed by atoms with Crippen LogP contribution in [0.4, 0.5) is 9.59 Å². The van der Waals surface area contributed by atoms with Crippen molar-refractivity contribution in [3.05, 3.63) is 24.2 Å². The Morgan fingerprint density at radius 1 is 1.71 bits per heavy atom. The summed E-state index contributed by atoms with van der Waals surface area (Å²) in [6, 6.07) is 1.12. The third kappa shape index (κ3) is 2.77. The van der Waals surface area contributed by atoms with Gasteiger partial charge in [0.05, 0.1) is 12.5 Å². The molecule has 0 aliphatic carbocycles. The summed E-state index contributed by atoms with van der Waals surface area (Å²) >= 11 is 0. The van der Waals surface area contributed by atoms with Crippen LogP contribution in [0.1, 0.15) is 12.5 Å². The van der Waals surface area contributed by atoms with Crippen molar-refractivity contribution in [2.45, 2.75) is 19.4 Å². The van der Waals surface area contributed by atoms with Crippen molar-refractivity contribution in [1.29, 1.82) is 0 Å².